The van der Waals surface area contributed by atoms with Crippen LogP contribution in [0.1, 0.15) is 25.3 Å². The molecule has 1 aromatic rings. The van der Waals surface area contributed by atoms with Crippen LogP contribution in [-0.2, 0) is 21.3 Å². The van der Waals surface area contributed by atoms with E-state index in [0.29, 0.717) is 32.6 Å². The molecule has 0 aliphatic carbocycles. The highest BCUT2D eigenvalue weighted by Crippen LogP contribution is 2.18. The number of benzene rings is 1. The number of hydrogen-bond donors (Lipinski definition) is 2. The standard InChI is InChI=1S/C14H21FN2O3S/c1-2-16-10-11-3-4-13(15)14(9-11)21(18,19)17-12-5-7-20-8-6-12/h3-4,9,12,16-17H,2,5-8,10H2,1H3. The molecule has 1 aliphatic rings. The van der Waals surface area contributed by atoms with Gasteiger partial charge in [-0.25, -0.2) is 17.5 Å². The summed E-state index contributed by atoms with van der Waals surface area (Å²) in [6.45, 7) is 4.27. The molecule has 1 saturated heterocycles. The fraction of sp³-hybridized carbons (Fsp3) is 0.571. The van der Waals surface area contributed by atoms with Crippen molar-refractivity contribution in [2.24, 2.45) is 0 Å². The van der Waals surface area contributed by atoms with Crippen LogP contribution in [0.5, 0.6) is 0 Å². The first-order valence-corrected chi connectivity index (χ1v) is 8.60. The maximum Gasteiger partial charge on any atom is 0.243 e. The lowest BCUT2D eigenvalue weighted by Crippen LogP contribution is -2.39. The van der Waals surface area contributed by atoms with E-state index in [4.69, 9.17) is 4.74 Å². The van der Waals surface area contributed by atoms with E-state index in [1.54, 1.807) is 6.07 Å². The lowest BCUT2D eigenvalue weighted by Gasteiger charge is -2.23. The Hall–Kier alpha value is -1.02. The number of halogens is 1. The van der Waals surface area contributed by atoms with Gasteiger partial charge in [-0.05, 0) is 37.1 Å². The van der Waals surface area contributed by atoms with E-state index < -0.39 is 15.8 Å². The Kier molecular flexibility index (Phi) is 5.69. The van der Waals surface area contributed by atoms with Crippen molar-refractivity contribution in [3.8, 4) is 0 Å². The highest BCUT2D eigenvalue weighted by Gasteiger charge is 2.25. The smallest absolute Gasteiger partial charge is 0.243 e. The van der Waals surface area contributed by atoms with Gasteiger partial charge in [0, 0.05) is 25.8 Å². The van der Waals surface area contributed by atoms with E-state index in [-0.39, 0.29) is 10.9 Å². The highest BCUT2D eigenvalue weighted by molar-refractivity contribution is 7.89. The molecule has 0 spiro atoms. The molecule has 1 fully saturated rings. The van der Waals surface area contributed by atoms with Crippen LogP contribution in [0, 0.1) is 5.82 Å². The lowest BCUT2D eigenvalue weighted by atomic mass is 10.1. The SMILES string of the molecule is CCNCc1ccc(F)c(S(=O)(=O)NC2CCOCC2)c1. The number of sulfonamides is 1. The molecule has 2 rings (SSSR count). The third kappa shape index (κ3) is 4.47. The molecule has 21 heavy (non-hydrogen) atoms. The molecular formula is C14H21FN2O3S. The average Bonchev–Trinajstić information content (AvgIpc) is 2.47. The minimum absolute atomic E-state index is 0.194. The first-order chi connectivity index (χ1) is 10.0. The van der Waals surface area contributed by atoms with Gasteiger partial charge in [0.25, 0.3) is 0 Å². The second-order valence-electron chi connectivity index (χ2n) is 5.05. The Morgan fingerprint density at radius 1 is 1.33 bits per heavy atom. The van der Waals surface area contributed by atoms with Crippen molar-refractivity contribution < 1.29 is 17.5 Å². The summed E-state index contributed by atoms with van der Waals surface area (Å²) in [5, 5.41) is 3.09. The highest BCUT2D eigenvalue weighted by atomic mass is 32.2. The van der Waals surface area contributed by atoms with Gasteiger partial charge in [-0.15, -0.1) is 0 Å². The van der Waals surface area contributed by atoms with Gasteiger partial charge < -0.3 is 10.1 Å². The van der Waals surface area contributed by atoms with Gasteiger partial charge in [-0.3, -0.25) is 0 Å². The van der Waals surface area contributed by atoms with Crippen molar-refractivity contribution in [3.05, 3.63) is 29.6 Å². The zero-order chi connectivity index (χ0) is 15.3. The Morgan fingerprint density at radius 2 is 2.05 bits per heavy atom. The molecule has 1 aliphatic heterocycles. The molecule has 0 aromatic heterocycles. The van der Waals surface area contributed by atoms with E-state index in [1.807, 2.05) is 6.92 Å². The Labute approximate surface area is 124 Å². The fourth-order valence-electron chi connectivity index (χ4n) is 2.23. The first-order valence-electron chi connectivity index (χ1n) is 7.12. The second-order valence-corrected chi connectivity index (χ2v) is 6.74. The van der Waals surface area contributed by atoms with Crippen LogP contribution < -0.4 is 10.0 Å². The van der Waals surface area contributed by atoms with Crippen molar-refractivity contribution in [2.75, 3.05) is 19.8 Å². The molecular weight excluding hydrogens is 295 g/mol. The molecule has 1 aromatic carbocycles. The molecule has 0 saturated carbocycles. The van der Waals surface area contributed by atoms with Gasteiger partial charge in [0.05, 0.1) is 0 Å². The number of ether oxygens (including phenoxy) is 1. The summed E-state index contributed by atoms with van der Waals surface area (Å²) < 4.78 is 46.3. The third-order valence-corrected chi connectivity index (χ3v) is 4.94. The summed E-state index contributed by atoms with van der Waals surface area (Å²) in [6.07, 6.45) is 1.22. The quantitative estimate of drug-likeness (QED) is 0.832. The van der Waals surface area contributed by atoms with E-state index in [1.165, 1.54) is 12.1 Å². The van der Waals surface area contributed by atoms with E-state index in [2.05, 4.69) is 10.0 Å². The molecule has 1 heterocycles. The number of nitrogens with one attached hydrogen (secondary N) is 2. The Morgan fingerprint density at radius 3 is 2.71 bits per heavy atom. The maximum absolute atomic E-state index is 13.9. The van der Waals surface area contributed by atoms with Crippen LogP contribution in [0.3, 0.4) is 0 Å². The predicted molar refractivity (Wildman–Crippen MR) is 77.9 cm³/mol. The minimum atomic E-state index is -3.85. The van der Waals surface area contributed by atoms with E-state index in [9.17, 15) is 12.8 Å². The van der Waals surface area contributed by atoms with Crippen LogP contribution in [-0.4, -0.2) is 34.2 Å². The van der Waals surface area contributed by atoms with E-state index in [0.717, 1.165) is 12.1 Å². The summed E-state index contributed by atoms with van der Waals surface area (Å²) in [5.41, 5.74) is 0.741. The normalized spacial score (nSPS) is 17.0. The van der Waals surface area contributed by atoms with Crippen molar-refractivity contribution in [2.45, 2.75) is 37.2 Å². The van der Waals surface area contributed by atoms with Gasteiger partial charge in [-0.2, -0.15) is 0 Å². The van der Waals surface area contributed by atoms with Crippen molar-refractivity contribution in [1.29, 1.82) is 0 Å². The predicted octanol–water partition coefficient (Wildman–Crippen LogP) is 1.39. The molecule has 7 heteroatoms. The fourth-order valence-corrected chi connectivity index (χ4v) is 3.66. The number of rotatable bonds is 6. The first kappa shape index (κ1) is 16.4. The van der Waals surface area contributed by atoms with Gasteiger partial charge in [0.1, 0.15) is 10.7 Å². The molecule has 5 nitrogen and oxygen atoms in total. The molecule has 0 bridgehead atoms. The van der Waals surface area contributed by atoms with E-state index >= 15 is 0 Å². The van der Waals surface area contributed by atoms with Crippen molar-refractivity contribution in [3.63, 3.8) is 0 Å². The van der Waals surface area contributed by atoms with Crippen molar-refractivity contribution >= 4 is 10.0 Å². The van der Waals surface area contributed by atoms with Gasteiger partial charge in [0.15, 0.2) is 0 Å². The monoisotopic (exact) mass is 316 g/mol. The molecule has 0 radical (unpaired) electrons. The summed E-state index contributed by atoms with van der Waals surface area (Å²) in [7, 11) is -3.85. The van der Waals surface area contributed by atoms with Gasteiger partial charge in [-0.1, -0.05) is 13.0 Å². The Bertz CT molecular complexity index is 572. The summed E-state index contributed by atoms with van der Waals surface area (Å²) in [5.74, 6) is -0.727. The molecule has 0 unspecified atom stereocenters. The van der Waals surface area contributed by atoms with Crippen LogP contribution in [0.15, 0.2) is 23.1 Å². The second kappa shape index (κ2) is 7.31. The molecule has 0 amide bonds. The third-order valence-electron chi connectivity index (χ3n) is 3.41. The topological polar surface area (TPSA) is 67.4 Å². The molecule has 2 N–H and O–H groups in total. The number of hydrogen-bond acceptors (Lipinski definition) is 4. The maximum atomic E-state index is 13.9. The lowest BCUT2D eigenvalue weighted by molar-refractivity contribution is 0.0832. The van der Waals surface area contributed by atoms with Crippen LogP contribution in [0.4, 0.5) is 4.39 Å². The van der Waals surface area contributed by atoms with Gasteiger partial charge >= 0.3 is 0 Å². The van der Waals surface area contributed by atoms with Crippen molar-refractivity contribution in [1.82, 2.24) is 10.0 Å². The van der Waals surface area contributed by atoms with Crippen LogP contribution in [0.2, 0.25) is 0 Å². The summed E-state index contributed by atoms with van der Waals surface area (Å²) >= 11 is 0. The summed E-state index contributed by atoms with van der Waals surface area (Å²) in [6, 6.07) is 3.98. The summed E-state index contributed by atoms with van der Waals surface area (Å²) in [4.78, 5) is -0.288. The minimum Gasteiger partial charge on any atom is -0.381 e. The average molecular weight is 316 g/mol. The van der Waals surface area contributed by atoms with Crippen LogP contribution >= 0.6 is 0 Å². The van der Waals surface area contributed by atoms with Gasteiger partial charge in [0.2, 0.25) is 10.0 Å². The zero-order valence-corrected chi connectivity index (χ0v) is 12.9. The molecule has 0 atom stereocenters. The Balaban J connectivity index is 2.17. The molecule has 118 valence electrons. The largest absolute Gasteiger partial charge is 0.381 e. The zero-order valence-electron chi connectivity index (χ0n) is 12.1. The van der Waals surface area contributed by atoms with Crippen LogP contribution in [0.25, 0.3) is 0 Å².